The summed E-state index contributed by atoms with van der Waals surface area (Å²) in [5.41, 5.74) is 2.20. The lowest BCUT2D eigenvalue weighted by atomic mass is 9.93. The molecule has 6 heteroatoms. The zero-order chi connectivity index (χ0) is 18.8. The van der Waals surface area contributed by atoms with Crippen LogP contribution in [0.5, 0.6) is 11.5 Å². The molecule has 0 saturated carbocycles. The molecule has 27 heavy (non-hydrogen) atoms. The van der Waals surface area contributed by atoms with E-state index in [1.54, 1.807) is 20.5 Å². The molecule has 0 spiro atoms. The van der Waals surface area contributed by atoms with Gasteiger partial charge in [0.05, 0.1) is 32.6 Å². The summed E-state index contributed by atoms with van der Waals surface area (Å²) in [5, 5.41) is 3.23. The highest BCUT2D eigenvalue weighted by Crippen LogP contribution is 2.37. The van der Waals surface area contributed by atoms with Crippen LogP contribution in [0, 0.1) is 0 Å². The van der Waals surface area contributed by atoms with Crippen LogP contribution < -0.4 is 14.8 Å². The number of furan rings is 1. The Morgan fingerprint density at radius 2 is 2.00 bits per heavy atom. The standard InChI is InChI=1S/C21H26N2O4/c1-25-19-9-8-14(13-20(19)26-2)17-6-4-11-23(17)21(24)22-16-5-3-7-18-15(16)10-12-27-18/h8-10,12-13,16-17H,3-7,11H2,1-2H3,(H,22,24). The molecule has 1 aliphatic carbocycles. The number of carbonyl (C=O) groups excluding carboxylic acids is 1. The Morgan fingerprint density at radius 3 is 2.81 bits per heavy atom. The van der Waals surface area contributed by atoms with E-state index in [-0.39, 0.29) is 18.1 Å². The summed E-state index contributed by atoms with van der Waals surface area (Å²) in [5.74, 6) is 2.40. The van der Waals surface area contributed by atoms with Crippen LogP contribution in [-0.2, 0) is 6.42 Å². The predicted octanol–water partition coefficient (Wildman–Crippen LogP) is 4.22. The van der Waals surface area contributed by atoms with Crippen LogP contribution >= 0.6 is 0 Å². The molecule has 6 nitrogen and oxygen atoms in total. The number of nitrogens with one attached hydrogen (secondary N) is 1. The molecule has 1 fully saturated rings. The topological polar surface area (TPSA) is 63.9 Å². The molecule has 1 N–H and O–H groups in total. The van der Waals surface area contributed by atoms with Crippen LogP contribution in [-0.4, -0.2) is 31.7 Å². The van der Waals surface area contributed by atoms with E-state index >= 15 is 0 Å². The van der Waals surface area contributed by atoms with Crippen molar-refractivity contribution < 1.29 is 18.7 Å². The molecule has 1 aromatic carbocycles. The van der Waals surface area contributed by atoms with Gasteiger partial charge in [0.1, 0.15) is 5.76 Å². The Balaban J connectivity index is 1.51. The first-order valence-corrected chi connectivity index (χ1v) is 9.56. The number of hydrogen-bond acceptors (Lipinski definition) is 4. The number of methoxy groups -OCH3 is 2. The Kier molecular flexibility index (Phi) is 4.97. The maximum absolute atomic E-state index is 13.0. The van der Waals surface area contributed by atoms with Gasteiger partial charge in [-0.15, -0.1) is 0 Å². The van der Waals surface area contributed by atoms with Gasteiger partial charge in [0.15, 0.2) is 11.5 Å². The molecule has 0 radical (unpaired) electrons. The van der Waals surface area contributed by atoms with Gasteiger partial charge >= 0.3 is 6.03 Å². The predicted molar refractivity (Wildman–Crippen MR) is 101 cm³/mol. The molecular weight excluding hydrogens is 344 g/mol. The van der Waals surface area contributed by atoms with E-state index in [0.717, 1.165) is 55.5 Å². The SMILES string of the molecule is COc1ccc(C2CCCN2C(=O)NC2CCCc3occc32)cc1OC. The number of nitrogens with zero attached hydrogens (tertiary/aromatic N) is 1. The minimum atomic E-state index is -0.00802. The number of rotatable bonds is 4. The third-order valence-corrected chi connectivity index (χ3v) is 5.66. The van der Waals surface area contributed by atoms with E-state index in [1.165, 1.54) is 0 Å². The van der Waals surface area contributed by atoms with Crippen molar-refractivity contribution in [1.29, 1.82) is 0 Å². The fourth-order valence-corrected chi connectivity index (χ4v) is 4.28. The highest BCUT2D eigenvalue weighted by atomic mass is 16.5. The van der Waals surface area contributed by atoms with Crippen LogP contribution in [0.2, 0.25) is 0 Å². The van der Waals surface area contributed by atoms with E-state index in [0.29, 0.717) is 11.5 Å². The van der Waals surface area contributed by atoms with Crippen LogP contribution in [0.25, 0.3) is 0 Å². The number of carbonyl (C=O) groups is 1. The molecule has 0 bridgehead atoms. The van der Waals surface area contributed by atoms with Gasteiger partial charge in [0.2, 0.25) is 0 Å². The summed E-state index contributed by atoms with van der Waals surface area (Å²) in [6.07, 6.45) is 6.60. The number of benzene rings is 1. The number of fused-ring (bicyclic) bond motifs is 1. The highest BCUT2D eigenvalue weighted by molar-refractivity contribution is 5.76. The van der Waals surface area contributed by atoms with E-state index in [4.69, 9.17) is 13.9 Å². The van der Waals surface area contributed by atoms with Crippen LogP contribution in [0.4, 0.5) is 4.79 Å². The van der Waals surface area contributed by atoms with Gasteiger partial charge in [-0.3, -0.25) is 0 Å². The third-order valence-electron chi connectivity index (χ3n) is 5.66. The summed E-state index contributed by atoms with van der Waals surface area (Å²) >= 11 is 0. The number of ether oxygens (including phenoxy) is 2. The van der Waals surface area contributed by atoms with Crippen molar-refractivity contribution in [3.63, 3.8) is 0 Å². The van der Waals surface area contributed by atoms with Crippen molar-refractivity contribution >= 4 is 6.03 Å². The summed E-state index contributed by atoms with van der Waals surface area (Å²) in [6, 6.07) is 7.96. The second kappa shape index (κ2) is 7.55. The van der Waals surface area contributed by atoms with Gasteiger partial charge in [-0.1, -0.05) is 6.07 Å². The Morgan fingerprint density at radius 1 is 1.15 bits per heavy atom. The van der Waals surface area contributed by atoms with E-state index in [1.807, 2.05) is 29.2 Å². The molecule has 1 aromatic heterocycles. The van der Waals surface area contributed by atoms with Crippen LogP contribution in [0.3, 0.4) is 0 Å². The van der Waals surface area contributed by atoms with Gasteiger partial charge in [0.25, 0.3) is 0 Å². The van der Waals surface area contributed by atoms with Crippen molar-refractivity contribution in [2.45, 2.75) is 44.2 Å². The van der Waals surface area contributed by atoms with Crippen molar-refractivity contribution in [2.24, 2.45) is 0 Å². The molecule has 2 amide bonds. The minimum absolute atomic E-state index is 0.00802. The molecule has 2 atom stereocenters. The first-order valence-electron chi connectivity index (χ1n) is 9.56. The van der Waals surface area contributed by atoms with E-state index in [9.17, 15) is 4.79 Å². The Labute approximate surface area is 159 Å². The summed E-state index contributed by atoms with van der Waals surface area (Å²) < 4.78 is 16.3. The molecule has 144 valence electrons. The molecule has 2 unspecified atom stereocenters. The van der Waals surface area contributed by atoms with Gasteiger partial charge in [0, 0.05) is 18.5 Å². The molecule has 1 aliphatic heterocycles. The lowest BCUT2D eigenvalue weighted by molar-refractivity contribution is 0.187. The van der Waals surface area contributed by atoms with Crippen LogP contribution in [0.15, 0.2) is 34.9 Å². The number of likely N-dealkylation sites (tertiary alicyclic amines) is 1. The van der Waals surface area contributed by atoms with Gasteiger partial charge in [-0.05, 0) is 49.4 Å². The number of aryl methyl sites for hydroxylation is 1. The largest absolute Gasteiger partial charge is 0.493 e. The number of urea groups is 1. The molecule has 1 saturated heterocycles. The van der Waals surface area contributed by atoms with Crippen molar-refractivity contribution in [1.82, 2.24) is 10.2 Å². The van der Waals surface area contributed by atoms with Crippen molar-refractivity contribution in [3.05, 3.63) is 47.4 Å². The molecule has 2 aromatic rings. The fourth-order valence-electron chi connectivity index (χ4n) is 4.28. The second-order valence-electron chi connectivity index (χ2n) is 7.16. The van der Waals surface area contributed by atoms with Crippen molar-refractivity contribution in [3.8, 4) is 11.5 Å². The Bertz CT molecular complexity index is 816. The zero-order valence-electron chi connectivity index (χ0n) is 15.9. The minimum Gasteiger partial charge on any atom is -0.493 e. The van der Waals surface area contributed by atoms with E-state index in [2.05, 4.69) is 5.32 Å². The number of amides is 2. The lowest BCUT2D eigenvalue weighted by Gasteiger charge is -2.29. The monoisotopic (exact) mass is 370 g/mol. The van der Waals surface area contributed by atoms with Crippen LogP contribution in [0.1, 0.15) is 54.7 Å². The molecule has 2 heterocycles. The van der Waals surface area contributed by atoms with Crippen molar-refractivity contribution in [2.75, 3.05) is 20.8 Å². The lowest BCUT2D eigenvalue weighted by Crippen LogP contribution is -2.41. The molecular formula is C21H26N2O4. The fraction of sp³-hybridized carbons (Fsp3) is 0.476. The summed E-state index contributed by atoms with van der Waals surface area (Å²) in [4.78, 5) is 15.0. The average molecular weight is 370 g/mol. The smallest absolute Gasteiger partial charge is 0.318 e. The van der Waals surface area contributed by atoms with Gasteiger partial charge in [-0.2, -0.15) is 0 Å². The first-order chi connectivity index (χ1) is 13.2. The second-order valence-corrected chi connectivity index (χ2v) is 7.16. The molecule has 4 rings (SSSR count). The summed E-state index contributed by atoms with van der Waals surface area (Å²) in [6.45, 7) is 0.760. The highest BCUT2D eigenvalue weighted by Gasteiger charge is 2.33. The maximum atomic E-state index is 13.0. The zero-order valence-corrected chi connectivity index (χ0v) is 15.9. The van der Waals surface area contributed by atoms with E-state index < -0.39 is 0 Å². The van der Waals surface area contributed by atoms with Gasteiger partial charge in [-0.25, -0.2) is 4.79 Å². The average Bonchev–Trinajstić information content (AvgIpc) is 3.37. The summed E-state index contributed by atoms with van der Waals surface area (Å²) in [7, 11) is 3.26. The number of hydrogen-bond donors (Lipinski definition) is 1. The van der Waals surface area contributed by atoms with Gasteiger partial charge < -0.3 is 24.1 Å². The molecule has 2 aliphatic rings. The quantitative estimate of drug-likeness (QED) is 0.875. The third kappa shape index (κ3) is 3.36. The maximum Gasteiger partial charge on any atom is 0.318 e. The normalized spacial score (nSPS) is 21.6. The first kappa shape index (κ1) is 17.8. The Hall–Kier alpha value is -2.63.